The maximum absolute atomic E-state index is 12.4. The lowest BCUT2D eigenvalue weighted by Crippen LogP contribution is -2.22. The molecule has 1 aliphatic carbocycles. The van der Waals surface area contributed by atoms with Gasteiger partial charge in [0.1, 0.15) is 0 Å². The number of esters is 1. The Morgan fingerprint density at radius 1 is 1.17 bits per heavy atom. The van der Waals surface area contributed by atoms with Crippen LogP contribution in [0, 0.1) is 0 Å². The van der Waals surface area contributed by atoms with Crippen molar-refractivity contribution >= 4 is 35.3 Å². The molecule has 1 aliphatic heterocycles. The van der Waals surface area contributed by atoms with Crippen molar-refractivity contribution < 1.29 is 14.3 Å². The fourth-order valence-electron chi connectivity index (χ4n) is 3.45. The minimum Gasteiger partial charge on any atom is -0.459 e. The first-order valence-electron chi connectivity index (χ1n) is 10.4. The Bertz CT molecular complexity index is 902. The summed E-state index contributed by atoms with van der Waals surface area (Å²) in [7, 11) is 0. The second kappa shape index (κ2) is 9.07. The molecule has 9 heteroatoms. The lowest BCUT2D eigenvalue weighted by atomic mass is 10.2. The van der Waals surface area contributed by atoms with Crippen LogP contribution in [0.5, 0.6) is 0 Å². The number of aromatic nitrogens is 3. The van der Waals surface area contributed by atoms with Crippen molar-refractivity contribution in [2.75, 3.05) is 29.1 Å². The molecule has 1 saturated heterocycles. The number of rotatable bonds is 8. The number of carbonyl (C=O) groups is 2. The van der Waals surface area contributed by atoms with Gasteiger partial charge in [-0.1, -0.05) is 11.8 Å². The van der Waals surface area contributed by atoms with Gasteiger partial charge in [-0.25, -0.2) is 4.79 Å². The van der Waals surface area contributed by atoms with E-state index in [1.54, 1.807) is 24.3 Å². The lowest BCUT2D eigenvalue weighted by molar-refractivity contribution is -0.113. The molecule has 0 radical (unpaired) electrons. The third-order valence-electron chi connectivity index (χ3n) is 5.03. The molecule has 0 bridgehead atoms. The zero-order chi connectivity index (χ0) is 21.1. The summed E-state index contributed by atoms with van der Waals surface area (Å²) in [6.07, 6.45) is 4.50. The van der Waals surface area contributed by atoms with Gasteiger partial charge < -0.3 is 15.0 Å². The van der Waals surface area contributed by atoms with Gasteiger partial charge in [0, 0.05) is 24.8 Å². The molecule has 0 unspecified atom stereocenters. The Morgan fingerprint density at radius 2 is 1.87 bits per heavy atom. The third-order valence-corrected chi connectivity index (χ3v) is 5.97. The van der Waals surface area contributed by atoms with Crippen LogP contribution in [0.1, 0.15) is 55.9 Å². The molecule has 2 heterocycles. The normalized spacial score (nSPS) is 16.2. The number of hydrogen-bond donors (Lipinski definition) is 1. The van der Waals surface area contributed by atoms with Gasteiger partial charge >= 0.3 is 5.97 Å². The number of amides is 1. The number of nitrogens with zero attached hydrogens (tertiary/aromatic N) is 4. The maximum atomic E-state index is 12.4. The summed E-state index contributed by atoms with van der Waals surface area (Å²) in [6, 6.07) is 7.17. The number of anilines is 2. The third kappa shape index (κ3) is 4.95. The van der Waals surface area contributed by atoms with Crippen LogP contribution < -0.4 is 10.2 Å². The van der Waals surface area contributed by atoms with E-state index in [-0.39, 0.29) is 23.7 Å². The summed E-state index contributed by atoms with van der Waals surface area (Å²) >= 11 is 1.41. The molecule has 0 spiro atoms. The van der Waals surface area contributed by atoms with E-state index in [2.05, 4.69) is 25.0 Å². The number of carbonyl (C=O) groups excluding carboxylic acids is 2. The molecule has 0 atom stereocenters. The van der Waals surface area contributed by atoms with Crippen molar-refractivity contribution in [3.63, 3.8) is 0 Å². The summed E-state index contributed by atoms with van der Waals surface area (Å²) in [5.41, 5.74) is 1.10. The highest BCUT2D eigenvalue weighted by molar-refractivity contribution is 7.99. The molecule has 1 N–H and O–H groups in total. The van der Waals surface area contributed by atoms with Crippen LogP contribution in [-0.4, -0.2) is 51.6 Å². The second-order valence-electron chi connectivity index (χ2n) is 7.95. The van der Waals surface area contributed by atoms with E-state index in [0.29, 0.717) is 17.3 Å². The van der Waals surface area contributed by atoms with E-state index in [0.717, 1.165) is 37.0 Å². The smallest absolute Gasteiger partial charge is 0.338 e. The highest BCUT2D eigenvalue weighted by atomic mass is 32.2. The summed E-state index contributed by atoms with van der Waals surface area (Å²) in [4.78, 5) is 26.6. The van der Waals surface area contributed by atoms with Gasteiger partial charge in [-0.3, -0.25) is 9.36 Å². The van der Waals surface area contributed by atoms with Crippen LogP contribution in [-0.2, 0) is 9.53 Å². The molecule has 2 fully saturated rings. The van der Waals surface area contributed by atoms with Crippen molar-refractivity contribution in [3.05, 3.63) is 29.8 Å². The Morgan fingerprint density at radius 3 is 2.50 bits per heavy atom. The molecule has 1 aromatic heterocycles. The Labute approximate surface area is 180 Å². The van der Waals surface area contributed by atoms with Crippen LogP contribution >= 0.6 is 11.8 Å². The summed E-state index contributed by atoms with van der Waals surface area (Å²) < 4.78 is 7.38. The van der Waals surface area contributed by atoms with Crippen molar-refractivity contribution in [2.45, 2.75) is 56.8 Å². The number of benzene rings is 1. The van der Waals surface area contributed by atoms with Gasteiger partial charge in [-0.05, 0) is 63.8 Å². The summed E-state index contributed by atoms with van der Waals surface area (Å²) in [5.74, 6) is 0.709. The molecule has 2 aliphatic rings. The van der Waals surface area contributed by atoms with Gasteiger partial charge in [0.05, 0.1) is 17.4 Å². The van der Waals surface area contributed by atoms with Gasteiger partial charge in [-0.15, -0.1) is 10.2 Å². The highest BCUT2D eigenvalue weighted by Gasteiger charge is 2.32. The van der Waals surface area contributed by atoms with Crippen LogP contribution in [0.2, 0.25) is 0 Å². The zero-order valence-electron chi connectivity index (χ0n) is 17.3. The molecule has 4 rings (SSSR count). The van der Waals surface area contributed by atoms with Crippen molar-refractivity contribution in [1.82, 2.24) is 14.8 Å². The van der Waals surface area contributed by atoms with Crippen LogP contribution in [0.15, 0.2) is 29.4 Å². The van der Waals surface area contributed by atoms with Gasteiger partial charge in [0.15, 0.2) is 5.16 Å². The monoisotopic (exact) mass is 429 g/mol. The summed E-state index contributed by atoms with van der Waals surface area (Å²) in [5, 5.41) is 12.4. The standard InChI is InChI=1S/C21H27N5O3S/c1-14(2)29-19(28)15-5-7-16(8-6-15)22-18(27)13-30-21-24-23-20(25-11-3-4-12-25)26(21)17-9-10-17/h5-8,14,17H,3-4,9-13H2,1-2H3,(H,22,27). The largest absolute Gasteiger partial charge is 0.459 e. The van der Waals surface area contributed by atoms with Crippen LogP contribution in [0.4, 0.5) is 11.6 Å². The Hall–Kier alpha value is -2.55. The van der Waals surface area contributed by atoms with Crippen LogP contribution in [0.25, 0.3) is 0 Å². The number of ether oxygens (including phenoxy) is 1. The fraction of sp³-hybridized carbons (Fsp3) is 0.524. The molecule has 160 valence electrons. The van der Waals surface area contributed by atoms with Crippen LogP contribution in [0.3, 0.4) is 0 Å². The maximum Gasteiger partial charge on any atom is 0.338 e. The fourth-order valence-corrected chi connectivity index (χ4v) is 4.25. The second-order valence-corrected chi connectivity index (χ2v) is 8.89. The molecule has 1 amide bonds. The molecule has 1 saturated carbocycles. The van der Waals surface area contributed by atoms with Crippen molar-refractivity contribution in [1.29, 1.82) is 0 Å². The van der Waals surface area contributed by atoms with E-state index >= 15 is 0 Å². The quantitative estimate of drug-likeness (QED) is 0.507. The molecular weight excluding hydrogens is 402 g/mol. The first-order chi connectivity index (χ1) is 14.5. The van der Waals surface area contributed by atoms with E-state index < -0.39 is 0 Å². The molecule has 30 heavy (non-hydrogen) atoms. The van der Waals surface area contributed by atoms with Crippen molar-refractivity contribution in [3.8, 4) is 0 Å². The number of hydrogen-bond acceptors (Lipinski definition) is 7. The first-order valence-corrected chi connectivity index (χ1v) is 11.4. The number of nitrogens with one attached hydrogen (secondary N) is 1. The predicted octanol–water partition coefficient (Wildman–Crippen LogP) is 3.51. The SMILES string of the molecule is CC(C)OC(=O)c1ccc(NC(=O)CSc2nnc(N3CCCC3)n2C2CC2)cc1. The topological polar surface area (TPSA) is 89.3 Å². The minimum atomic E-state index is -0.369. The first kappa shape index (κ1) is 20.7. The van der Waals surface area contributed by atoms with Gasteiger partial charge in [-0.2, -0.15) is 0 Å². The Kier molecular flexibility index (Phi) is 6.26. The minimum absolute atomic E-state index is 0.120. The summed E-state index contributed by atoms with van der Waals surface area (Å²) in [6.45, 7) is 5.66. The van der Waals surface area contributed by atoms with E-state index in [9.17, 15) is 9.59 Å². The van der Waals surface area contributed by atoms with E-state index in [1.165, 1.54) is 24.6 Å². The average molecular weight is 430 g/mol. The average Bonchev–Trinajstić information content (AvgIpc) is 3.24. The van der Waals surface area contributed by atoms with Gasteiger partial charge in [0.2, 0.25) is 11.9 Å². The lowest BCUT2D eigenvalue weighted by Gasteiger charge is -2.17. The number of thioether (sulfide) groups is 1. The zero-order valence-corrected chi connectivity index (χ0v) is 18.2. The molecular formula is C21H27N5O3S. The predicted molar refractivity (Wildman–Crippen MR) is 116 cm³/mol. The Balaban J connectivity index is 1.33. The molecule has 1 aromatic carbocycles. The molecule has 2 aromatic rings. The van der Waals surface area contributed by atoms with Gasteiger partial charge in [0.25, 0.3) is 0 Å². The molecule has 8 nitrogen and oxygen atoms in total. The van der Waals surface area contributed by atoms with Crippen molar-refractivity contribution in [2.24, 2.45) is 0 Å². The van der Waals surface area contributed by atoms with E-state index in [1.807, 2.05) is 13.8 Å². The highest BCUT2D eigenvalue weighted by Crippen LogP contribution is 2.41. The van der Waals surface area contributed by atoms with E-state index in [4.69, 9.17) is 4.74 Å².